The predicted molar refractivity (Wildman–Crippen MR) is 67.0 cm³/mol. The Kier molecular flexibility index (Phi) is 3.97. The minimum atomic E-state index is -2.56. The summed E-state index contributed by atoms with van der Waals surface area (Å²) in [5, 5.41) is 4.00. The summed E-state index contributed by atoms with van der Waals surface area (Å²) in [7, 11) is 0. The second kappa shape index (κ2) is 5.48. The fourth-order valence-electron chi connectivity index (χ4n) is 1.86. The third-order valence-corrected chi connectivity index (χ3v) is 3.18. The quantitative estimate of drug-likeness (QED) is 0.770. The third-order valence-electron chi connectivity index (χ3n) is 2.89. The number of nitrogens with zero attached hydrogens (tertiary/aromatic N) is 2. The Bertz CT molecular complexity index is 538. The zero-order valence-corrected chi connectivity index (χ0v) is 10.7. The molecule has 0 aliphatic heterocycles. The average molecular weight is 271 g/mol. The van der Waals surface area contributed by atoms with Crippen LogP contribution >= 0.6 is 11.6 Å². The van der Waals surface area contributed by atoms with Crippen LogP contribution in [0.5, 0.6) is 0 Å². The van der Waals surface area contributed by atoms with Gasteiger partial charge in [-0.2, -0.15) is 5.10 Å². The zero-order valence-electron chi connectivity index (χ0n) is 9.91. The molecule has 0 amide bonds. The lowest BCUT2D eigenvalue weighted by Gasteiger charge is -2.10. The van der Waals surface area contributed by atoms with Crippen LogP contribution in [0, 0.1) is 6.92 Å². The average Bonchev–Trinajstić information content (AvgIpc) is 2.75. The second-order valence-corrected chi connectivity index (χ2v) is 4.34. The van der Waals surface area contributed by atoms with E-state index in [1.165, 1.54) is 10.9 Å². The summed E-state index contributed by atoms with van der Waals surface area (Å²) in [6.07, 6.45) is -1.16. The van der Waals surface area contributed by atoms with E-state index in [0.29, 0.717) is 12.1 Å². The van der Waals surface area contributed by atoms with Crippen molar-refractivity contribution in [3.8, 4) is 0 Å². The molecule has 2 nitrogen and oxygen atoms in total. The van der Waals surface area contributed by atoms with Gasteiger partial charge in [0.1, 0.15) is 5.69 Å². The molecule has 96 valence electrons. The fraction of sp³-hybridized carbons (Fsp3) is 0.308. The van der Waals surface area contributed by atoms with Gasteiger partial charge in [0.05, 0.1) is 18.6 Å². The minimum absolute atomic E-state index is 0.0491. The smallest absolute Gasteiger partial charge is 0.259 e. The molecule has 0 saturated heterocycles. The molecule has 0 aliphatic rings. The van der Waals surface area contributed by atoms with Crippen molar-refractivity contribution >= 4 is 11.6 Å². The fourth-order valence-corrected chi connectivity index (χ4v) is 2.07. The summed E-state index contributed by atoms with van der Waals surface area (Å²) in [4.78, 5) is 0. The topological polar surface area (TPSA) is 17.8 Å². The van der Waals surface area contributed by atoms with Gasteiger partial charge in [0.15, 0.2) is 0 Å². The normalized spacial score (nSPS) is 11.2. The molecule has 1 aromatic heterocycles. The summed E-state index contributed by atoms with van der Waals surface area (Å²) in [6, 6.07) is 7.66. The van der Waals surface area contributed by atoms with Gasteiger partial charge in [-0.3, -0.25) is 4.68 Å². The number of rotatable bonds is 4. The molecule has 0 aliphatic carbocycles. The molecule has 0 N–H and O–H groups in total. The first-order valence-corrected chi connectivity index (χ1v) is 6.10. The van der Waals surface area contributed by atoms with E-state index in [0.717, 1.165) is 11.1 Å². The van der Waals surface area contributed by atoms with Crippen molar-refractivity contribution in [2.75, 3.05) is 0 Å². The lowest BCUT2D eigenvalue weighted by molar-refractivity contribution is 0.139. The van der Waals surface area contributed by atoms with Crippen LogP contribution in [-0.4, -0.2) is 9.78 Å². The van der Waals surface area contributed by atoms with Crippen molar-refractivity contribution in [2.45, 2.75) is 25.8 Å². The maximum Gasteiger partial charge on any atom is 0.280 e. The van der Waals surface area contributed by atoms with Gasteiger partial charge in [-0.1, -0.05) is 24.3 Å². The van der Waals surface area contributed by atoms with Gasteiger partial charge >= 0.3 is 0 Å². The maximum atomic E-state index is 13.0. The van der Waals surface area contributed by atoms with Crippen LogP contribution in [0.15, 0.2) is 30.5 Å². The first-order chi connectivity index (χ1) is 8.63. The van der Waals surface area contributed by atoms with Crippen molar-refractivity contribution < 1.29 is 8.78 Å². The highest BCUT2D eigenvalue weighted by molar-refractivity contribution is 6.17. The van der Waals surface area contributed by atoms with Crippen LogP contribution in [0.2, 0.25) is 0 Å². The Morgan fingerprint density at radius 2 is 2.00 bits per heavy atom. The van der Waals surface area contributed by atoms with Gasteiger partial charge in [0, 0.05) is 5.56 Å². The van der Waals surface area contributed by atoms with Crippen molar-refractivity contribution in [3.05, 3.63) is 52.8 Å². The Hall–Kier alpha value is -1.42. The molecule has 0 saturated carbocycles. The van der Waals surface area contributed by atoms with E-state index in [2.05, 4.69) is 5.10 Å². The van der Waals surface area contributed by atoms with Crippen LogP contribution in [0.1, 0.15) is 28.8 Å². The van der Waals surface area contributed by atoms with Gasteiger partial charge in [0.25, 0.3) is 6.43 Å². The highest BCUT2D eigenvalue weighted by atomic mass is 35.5. The van der Waals surface area contributed by atoms with Crippen molar-refractivity contribution in [3.63, 3.8) is 0 Å². The van der Waals surface area contributed by atoms with Gasteiger partial charge < -0.3 is 0 Å². The first-order valence-electron chi connectivity index (χ1n) is 5.56. The molecule has 0 radical (unpaired) electrons. The summed E-state index contributed by atoms with van der Waals surface area (Å²) in [5.74, 6) is 0.0491. The lowest BCUT2D eigenvalue weighted by atomic mass is 10.1. The molecule has 0 fully saturated rings. The molecule has 0 bridgehead atoms. The lowest BCUT2D eigenvalue weighted by Crippen LogP contribution is -2.08. The summed E-state index contributed by atoms with van der Waals surface area (Å²) in [5.41, 5.74) is 2.33. The van der Waals surface area contributed by atoms with Crippen LogP contribution in [-0.2, 0) is 12.4 Å². The molecule has 2 rings (SSSR count). The molecule has 5 heteroatoms. The largest absolute Gasteiger partial charge is 0.280 e. The standard InChI is InChI=1S/C13H13ClF2N2/c1-9-4-2-3-5-10(9)8-18-12(13(15)16)11(6-14)7-17-18/h2-5,7,13H,6,8H2,1H3. The molecular weight excluding hydrogens is 258 g/mol. The molecule has 0 spiro atoms. The summed E-state index contributed by atoms with van der Waals surface area (Å²) < 4.78 is 27.3. The third kappa shape index (κ3) is 2.53. The molecule has 2 aromatic rings. The predicted octanol–water partition coefficient (Wildman–Crippen LogP) is 3.92. The van der Waals surface area contributed by atoms with Gasteiger partial charge in [0.2, 0.25) is 0 Å². The van der Waals surface area contributed by atoms with Crippen LogP contribution in [0.4, 0.5) is 8.78 Å². The Labute approximate surface area is 109 Å². The number of aryl methyl sites for hydroxylation is 1. The van der Waals surface area contributed by atoms with Gasteiger partial charge in [-0.05, 0) is 18.1 Å². The molecule has 1 aromatic carbocycles. The highest BCUT2D eigenvalue weighted by Crippen LogP contribution is 2.25. The van der Waals surface area contributed by atoms with Crippen LogP contribution in [0.3, 0.4) is 0 Å². The van der Waals surface area contributed by atoms with Crippen LogP contribution < -0.4 is 0 Å². The Balaban J connectivity index is 2.35. The van der Waals surface area contributed by atoms with Gasteiger partial charge in [-0.15, -0.1) is 11.6 Å². The highest BCUT2D eigenvalue weighted by Gasteiger charge is 2.19. The van der Waals surface area contributed by atoms with E-state index in [9.17, 15) is 8.78 Å². The monoisotopic (exact) mass is 270 g/mol. The zero-order chi connectivity index (χ0) is 13.1. The number of alkyl halides is 3. The van der Waals surface area contributed by atoms with Crippen molar-refractivity contribution in [1.29, 1.82) is 0 Å². The van der Waals surface area contributed by atoms with Crippen molar-refractivity contribution in [2.24, 2.45) is 0 Å². The SMILES string of the molecule is Cc1ccccc1Cn1ncc(CCl)c1C(F)F. The molecular formula is C13H13ClF2N2. The van der Waals surface area contributed by atoms with E-state index >= 15 is 0 Å². The van der Waals surface area contributed by atoms with E-state index in [-0.39, 0.29) is 11.6 Å². The number of hydrogen-bond donors (Lipinski definition) is 0. The van der Waals surface area contributed by atoms with Crippen molar-refractivity contribution in [1.82, 2.24) is 9.78 Å². The first kappa shape index (κ1) is 13.0. The number of halogens is 3. The van der Waals surface area contributed by atoms with E-state index < -0.39 is 6.43 Å². The minimum Gasteiger partial charge on any atom is -0.259 e. The second-order valence-electron chi connectivity index (χ2n) is 4.07. The number of hydrogen-bond acceptors (Lipinski definition) is 1. The Morgan fingerprint density at radius 3 is 2.61 bits per heavy atom. The molecule has 0 unspecified atom stereocenters. The molecule has 1 heterocycles. The van der Waals surface area contributed by atoms with Gasteiger partial charge in [-0.25, -0.2) is 8.78 Å². The van der Waals surface area contributed by atoms with E-state index in [4.69, 9.17) is 11.6 Å². The van der Waals surface area contributed by atoms with E-state index in [1.807, 2.05) is 31.2 Å². The number of benzene rings is 1. The molecule has 18 heavy (non-hydrogen) atoms. The van der Waals surface area contributed by atoms with E-state index in [1.54, 1.807) is 0 Å². The summed E-state index contributed by atoms with van der Waals surface area (Å²) >= 11 is 5.64. The maximum absolute atomic E-state index is 13.0. The summed E-state index contributed by atoms with van der Waals surface area (Å²) in [6.45, 7) is 2.28. The Morgan fingerprint density at radius 1 is 1.28 bits per heavy atom. The number of aromatic nitrogens is 2. The molecule has 0 atom stereocenters. The van der Waals surface area contributed by atoms with Crippen LogP contribution in [0.25, 0.3) is 0 Å².